The average Bonchev–Trinajstić information content (AvgIpc) is 3.08. The maximum absolute atomic E-state index is 12.9. The molecule has 3 aromatic rings. The highest BCUT2D eigenvalue weighted by atomic mass is 35.5. The van der Waals surface area contributed by atoms with E-state index in [9.17, 15) is 4.79 Å². The molecule has 0 unspecified atom stereocenters. The molecular weight excluding hydrogens is 381 g/mol. The van der Waals surface area contributed by atoms with Crippen LogP contribution in [0.25, 0.3) is 0 Å². The first-order valence-corrected chi connectivity index (χ1v) is 9.22. The second-order valence-electron chi connectivity index (χ2n) is 6.08. The van der Waals surface area contributed by atoms with Crippen molar-refractivity contribution in [2.75, 3.05) is 6.54 Å². The lowest BCUT2D eigenvalue weighted by molar-refractivity contribution is 0.0757. The van der Waals surface area contributed by atoms with Gasteiger partial charge in [-0.15, -0.1) is 6.58 Å². The van der Waals surface area contributed by atoms with E-state index in [2.05, 4.69) is 11.6 Å². The van der Waals surface area contributed by atoms with Gasteiger partial charge in [-0.1, -0.05) is 41.4 Å². The van der Waals surface area contributed by atoms with E-state index in [0.29, 0.717) is 35.2 Å². The Balaban J connectivity index is 1.79. The zero-order chi connectivity index (χ0) is 19.2. The van der Waals surface area contributed by atoms with Crippen molar-refractivity contribution in [3.8, 4) is 0 Å². The van der Waals surface area contributed by atoms with Crippen molar-refractivity contribution in [3.05, 3.63) is 101 Å². The van der Waals surface area contributed by atoms with E-state index >= 15 is 0 Å². The van der Waals surface area contributed by atoms with Gasteiger partial charge in [-0.25, -0.2) is 4.98 Å². The van der Waals surface area contributed by atoms with Gasteiger partial charge in [0.05, 0.1) is 6.54 Å². The quantitative estimate of drug-likeness (QED) is 0.520. The Morgan fingerprint density at radius 1 is 1.15 bits per heavy atom. The molecule has 138 valence electrons. The molecule has 27 heavy (non-hydrogen) atoms. The second-order valence-corrected chi connectivity index (χ2v) is 6.96. The zero-order valence-electron chi connectivity index (χ0n) is 14.7. The van der Waals surface area contributed by atoms with Gasteiger partial charge in [0.25, 0.3) is 5.91 Å². The Bertz CT molecular complexity index is 935. The van der Waals surface area contributed by atoms with Crippen LogP contribution in [-0.4, -0.2) is 26.9 Å². The number of hydrogen-bond acceptors (Lipinski definition) is 2. The molecule has 0 saturated carbocycles. The SMILES string of the molecule is C=CCN(Cc1nccn1Cc1cccc(Cl)c1)C(=O)c1ccc(Cl)cc1. The van der Waals surface area contributed by atoms with E-state index in [0.717, 1.165) is 11.4 Å². The summed E-state index contributed by atoms with van der Waals surface area (Å²) in [6.07, 6.45) is 5.34. The van der Waals surface area contributed by atoms with Gasteiger partial charge in [-0.3, -0.25) is 4.79 Å². The number of aromatic nitrogens is 2. The largest absolute Gasteiger partial charge is 0.329 e. The molecule has 0 spiro atoms. The number of amides is 1. The first-order chi connectivity index (χ1) is 13.1. The van der Waals surface area contributed by atoms with Crippen LogP contribution in [0.5, 0.6) is 0 Å². The van der Waals surface area contributed by atoms with E-state index in [1.165, 1.54) is 0 Å². The molecule has 6 heteroatoms. The predicted molar refractivity (Wildman–Crippen MR) is 109 cm³/mol. The number of carbonyl (C=O) groups excluding carboxylic acids is 1. The number of rotatable bonds is 7. The van der Waals surface area contributed by atoms with E-state index in [-0.39, 0.29) is 5.91 Å². The molecule has 1 heterocycles. The topological polar surface area (TPSA) is 38.1 Å². The van der Waals surface area contributed by atoms with Crippen LogP contribution in [0.1, 0.15) is 21.7 Å². The third kappa shape index (κ3) is 5.00. The summed E-state index contributed by atoms with van der Waals surface area (Å²) in [4.78, 5) is 19.0. The minimum absolute atomic E-state index is 0.0936. The van der Waals surface area contributed by atoms with Gasteiger partial charge < -0.3 is 9.47 Å². The normalized spacial score (nSPS) is 10.6. The molecule has 1 amide bonds. The summed E-state index contributed by atoms with van der Waals surface area (Å²) >= 11 is 12.0. The van der Waals surface area contributed by atoms with Gasteiger partial charge in [0.15, 0.2) is 0 Å². The Labute approximate surface area is 168 Å². The van der Waals surface area contributed by atoms with Crippen molar-refractivity contribution in [2.24, 2.45) is 0 Å². The third-order valence-electron chi connectivity index (χ3n) is 4.10. The minimum atomic E-state index is -0.0936. The molecule has 0 atom stereocenters. The van der Waals surface area contributed by atoms with Crippen molar-refractivity contribution >= 4 is 29.1 Å². The molecule has 0 fully saturated rings. The van der Waals surface area contributed by atoms with Crippen LogP contribution in [0.2, 0.25) is 10.0 Å². The minimum Gasteiger partial charge on any atom is -0.329 e. The number of carbonyl (C=O) groups is 1. The standard InChI is InChI=1S/C21H19Cl2N3O/c1-2-11-26(21(27)17-6-8-18(22)9-7-17)15-20-24-10-12-25(20)14-16-4-3-5-19(23)13-16/h2-10,12-13H,1,11,14-15H2. The number of hydrogen-bond donors (Lipinski definition) is 0. The molecule has 4 nitrogen and oxygen atoms in total. The van der Waals surface area contributed by atoms with Gasteiger partial charge in [0.2, 0.25) is 0 Å². The van der Waals surface area contributed by atoms with Gasteiger partial charge in [-0.05, 0) is 42.0 Å². The highest BCUT2D eigenvalue weighted by molar-refractivity contribution is 6.30. The van der Waals surface area contributed by atoms with Gasteiger partial charge in [0, 0.05) is 41.1 Å². The van der Waals surface area contributed by atoms with Crippen molar-refractivity contribution in [3.63, 3.8) is 0 Å². The molecule has 0 N–H and O–H groups in total. The summed E-state index contributed by atoms with van der Waals surface area (Å²) in [5.41, 5.74) is 1.65. The van der Waals surface area contributed by atoms with Crippen LogP contribution in [0.3, 0.4) is 0 Å². The first kappa shape index (κ1) is 19.2. The highest BCUT2D eigenvalue weighted by Crippen LogP contribution is 2.16. The molecule has 0 aliphatic heterocycles. The Kier molecular flexibility index (Phi) is 6.32. The highest BCUT2D eigenvalue weighted by Gasteiger charge is 2.17. The lowest BCUT2D eigenvalue weighted by atomic mass is 10.2. The second kappa shape index (κ2) is 8.89. The molecule has 0 saturated heterocycles. The lowest BCUT2D eigenvalue weighted by Crippen LogP contribution is -2.32. The maximum atomic E-state index is 12.9. The molecule has 1 aromatic heterocycles. The summed E-state index contributed by atoms with van der Waals surface area (Å²) < 4.78 is 2.01. The fraction of sp³-hybridized carbons (Fsp3) is 0.143. The van der Waals surface area contributed by atoms with Gasteiger partial charge in [0.1, 0.15) is 5.82 Å². The first-order valence-electron chi connectivity index (χ1n) is 8.47. The summed E-state index contributed by atoms with van der Waals surface area (Å²) in [6.45, 7) is 5.19. The number of nitrogens with zero attached hydrogens (tertiary/aromatic N) is 3. The van der Waals surface area contributed by atoms with Crippen LogP contribution in [-0.2, 0) is 13.1 Å². The van der Waals surface area contributed by atoms with Crippen LogP contribution < -0.4 is 0 Å². The average molecular weight is 400 g/mol. The number of halogens is 2. The maximum Gasteiger partial charge on any atom is 0.254 e. The zero-order valence-corrected chi connectivity index (χ0v) is 16.2. The van der Waals surface area contributed by atoms with E-state index in [1.807, 2.05) is 35.0 Å². The molecule has 3 rings (SSSR count). The molecule has 0 radical (unpaired) electrons. The summed E-state index contributed by atoms with van der Waals surface area (Å²) in [7, 11) is 0. The number of benzene rings is 2. The lowest BCUT2D eigenvalue weighted by Gasteiger charge is -2.21. The Morgan fingerprint density at radius 3 is 2.63 bits per heavy atom. The third-order valence-corrected chi connectivity index (χ3v) is 4.59. The monoisotopic (exact) mass is 399 g/mol. The van der Waals surface area contributed by atoms with Crippen molar-refractivity contribution < 1.29 is 4.79 Å². The van der Waals surface area contributed by atoms with Crippen LogP contribution in [0.15, 0.2) is 73.6 Å². The van der Waals surface area contributed by atoms with Crippen molar-refractivity contribution in [2.45, 2.75) is 13.1 Å². The summed E-state index contributed by atoms with van der Waals surface area (Å²) in [5.74, 6) is 0.697. The van der Waals surface area contributed by atoms with E-state index < -0.39 is 0 Å². The van der Waals surface area contributed by atoms with Crippen LogP contribution in [0.4, 0.5) is 0 Å². The molecule has 2 aromatic carbocycles. The van der Waals surface area contributed by atoms with Gasteiger partial charge >= 0.3 is 0 Å². The Hall–Kier alpha value is -2.56. The van der Waals surface area contributed by atoms with Gasteiger partial charge in [-0.2, -0.15) is 0 Å². The Morgan fingerprint density at radius 2 is 1.93 bits per heavy atom. The summed E-state index contributed by atoms with van der Waals surface area (Å²) in [5, 5.41) is 1.29. The van der Waals surface area contributed by atoms with Crippen LogP contribution in [0, 0.1) is 0 Å². The molecule has 0 bridgehead atoms. The smallest absolute Gasteiger partial charge is 0.254 e. The van der Waals surface area contributed by atoms with E-state index in [4.69, 9.17) is 23.2 Å². The van der Waals surface area contributed by atoms with Crippen molar-refractivity contribution in [1.29, 1.82) is 0 Å². The molecule has 0 aliphatic rings. The predicted octanol–water partition coefficient (Wildman–Crippen LogP) is 5.07. The van der Waals surface area contributed by atoms with Crippen LogP contribution >= 0.6 is 23.2 Å². The van der Waals surface area contributed by atoms with Crippen molar-refractivity contribution in [1.82, 2.24) is 14.5 Å². The molecule has 0 aliphatic carbocycles. The fourth-order valence-electron chi connectivity index (χ4n) is 2.79. The molecular formula is C21H19Cl2N3O. The van der Waals surface area contributed by atoms with E-state index in [1.54, 1.807) is 41.4 Å². The number of imidazole rings is 1. The fourth-order valence-corrected chi connectivity index (χ4v) is 3.13. The summed E-state index contributed by atoms with van der Waals surface area (Å²) in [6, 6.07) is 14.6.